The summed E-state index contributed by atoms with van der Waals surface area (Å²) in [5, 5.41) is 7.58. The van der Waals surface area contributed by atoms with E-state index in [0.717, 1.165) is 30.9 Å². The highest BCUT2D eigenvalue weighted by Crippen LogP contribution is 2.44. The molecule has 1 fully saturated rings. The molecule has 2 heterocycles. The van der Waals surface area contributed by atoms with Crippen molar-refractivity contribution in [3.8, 4) is 5.75 Å². The number of aromatic nitrogens is 2. The largest absolute Gasteiger partial charge is 0.496 e. The number of rotatable bonds is 5. The number of piperidine rings is 1. The van der Waals surface area contributed by atoms with E-state index in [0.29, 0.717) is 6.61 Å². The fraction of sp³-hybridized carbons (Fsp3) is 0.550. The Bertz CT molecular complexity index is 742. The monoisotopic (exact) mass is 341 g/mol. The lowest BCUT2D eigenvalue weighted by molar-refractivity contribution is 0.136. The molecule has 2 aliphatic rings. The third-order valence-corrected chi connectivity index (χ3v) is 5.83. The molecule has 134 valence electrons. The second-order valence-electron chi connectivity index (χ2n) is 7.44. The van der Waals surface area contributed by atoms with Gasteiger partial charge in [-0.1, -0.05) is 6.07 Å². The summed E-state index contributed by atoms with van der Waals surface area (Å²) in [7, 11) is 3.44. The summed E-state index contributed by atoms with van der Waals surface area (Å²) < 4.78 is 10.8. The predicted molar refractivity (Wildman–Crippen MR) is 96.8 cm³/mol. The Morgan fingerprint density at radius 3 is 3.04 bits per heavy atom. The van der Waals surface area contributed by atoms with Crippen molar-refractivity contribution in [2.24, 2.45) is 0 Å². The van der Waals surface area contributed by atoms with Crippen molar-refractivity contribution in [3.63, 3.8) is 0 Å². The minimum absolute atomic E-state index is 0.284. The van der Waals surface area contributed by atoms with E-state index < -0.39 is 0 Å². The van der Waals surface area contributed by atoms with Gasteiger partial charge in [0.2, 0.25) is 0 Å². The Balaban J connectivity index is 1.51. The topological polar surface area (TPSA) is 50.4 Å². The Hall–Kier alpha value is -1.85. The zero-order valence-electron chi connectivity index (χ0n) is 15.2. The molecular weight excluding hydrogens is 314 g/mol. The van der Waals surface area contributed by atoms with Crippen molar-refractivity contribution in [3.05, 3.63) is 46.8 Å². The number of benzene rings is 1. The average Bonchev–Trinajstić information content (AvgIpc) is 3.21. The molecule has 4 rings (SSSR count). The highest BCUT2D eigenvalue weighted by molar-refractivity contribution is 5.37. The first-order valence-corrected chi connectivity index (χ1v) is 9.14. The zero-order chi connectivity index (χ0) is 17.3. The van der Waals surface area contributed by atoms with Crippen molar-refractivity contribution in [2.75, 3.05) is 27.3 Å². The van der Waals surface area contributed by atoms with E-state index in [-0.39, 0.29) is 5.41 Å². The molecule has 1 atom stereocenters. The minimum atomic E-state index is 0.284. The first kappa shape index (κ1) is 16.6. The van der Waals surface area contributed by atoms with Gasteiger partial charge >= 0.3 is 0 Å². The fourth-order valence-electron chi connectivity index (χ4n) is 4.69. The van der Waals surface area contributed by atoms with Crippen LogP contribution in [-0.4, -0.2) is 42.4 Å². The van der Waals surface area contributed by atoms with Crippen LogP contribution in [0.2, 0.25) is 0 Å². The van der Waals surface area contributed by atoms with E-state index >= 15 is 0 Å². The van der Waals surface area contributed by atoms with Crippen LogP contribution < -0.4 is 4.74 Å². The van der Waals surface area contributed by atoms with E-state index in [1.807, 2.05) is 6.20 Å². The van der Waals surface area contributed by atoms with Crippen LogP contribution in [0.4, 0.5) is 0 Å². The summed E-state index contributed by atoms with van der Waals surface area (Å²) in [5.41, 5.74) is 5.55. The lowest BCUT2D eigenvalue weighted by atomic mass is 9.77. The number of aryl methyl sites for hydroxylation is 1. The molecule has 5 heteroatoms. The molecule has 0 bridgehead atoms. The van der Waals surface area contributed by atoms with Crippen molar-refractivity contribution in [1.29, 1.82) is 0 Å². The second-order valence-corrected chi connectivity index (χ2v) is 7.44. The zero-order valence-corrected chi connectivity index (χ0v) is 15.2. The number of H-pyrrole nitrogens is 1. The Kier molecular flexibility index (Phi) is 4.52. The molecule has 1 aromatic carbocycles. The molecule has 0 amide bonds. The molecule has 5 nitrogen and oxygen atoms in total. The number of ether oxygens (including phenoxy) is 2. The first-order chi connectivity index (χ1) is 12.2. The molecular formula is C20H27N3O2. The predicted octanol–water partition coefficient (Wildman–Crippen LogP) is 3.04. The maximum Gasteiger partial charge on any atom is 0.124 e. The van der Waals surface area contributed by atoms with Crippen LogP contribution in [0.5, 0.6) is 5.75 Å². The minimum Gasteiger partial charge on any atom is -0.496 e. The molecule has 0 saturated carbocycles. The molecule has 1 aliphatic carbocycles. The Morgan fingerprint density at radius 2 is 2.20 bits per heavy atom. The molecule has 25 heavy (non-hydrogen) atoms. The third kappa shape index (κ3) is 3.07. The SMILES string of the molecule is COCc1cc(CN2CCCC3(CCc4cn[nH]c43)C2)ccc1OC. The number of hydrogen-bond donors (Lipinski definition) is 1. The summed E-state index contributed by atoms with van der Waals surface area (Å²) in [5.74, 6) is 0.901. The summed E-state index contributed by atoms with van der Waals surface area (Å²) in [4.78, 5) is 2.60. The maximum absolute atomic E-state index is 5.44. The quantitative estimate of drug-likeness (QED) is 0.908. The van der Waals surface area contributed by atoms with Crippen LogP contribution in [0.25, 0.3) is 0 Å². The number of aromatic amines is 1. The number of fused-ring (bicyclic) bond motifs is 2. The molecule has 1 saturated heterocycles. The van der Waals surface area contributed by atoms with E-state index in [1.54, 1.807) is 14.2 Å². The molecule has 1 unspecified atom stereocenters. The number of likely N-dealkylation sites (tertiary alicyclic amines) is 1. The summed E-state index contributed by atoms with van der Waals surface area (Å²) >= 11 is 0. The lowest BCUT2D eigenvalue weighted by Crippen LogP contribution is -2.44. The fourth-order valence-corrected chi connectivity index (χ4v) is 4.69. The maximum atomic E-state index is 5.44. The van der Waals surface area contributed by atoms with E-state index in [2.05, 4.69) is 33.3 Å². The van der Waals surface area contributed by atoms with Gasteiger partial charge in [0.15, 0.2) is 0 Å². The van der Waals surface area contributed by atoms with Crippen molar-refractivity contribution >= 4 is 0 Å². The van der Waals surface area contributed by atoms with Gasteiger partial charge in [-0.2, -0.15) is 5.10 Å². The van der Waals surface area contributed by atoms with E-state index in [1.165, 1.54) is 42.5 Å². The number of nitrogens with zero attached hydrogens (tertiary/aromatic N) is 2. The van der Waals surface area contributed by atoms with Crippen LogP contribution in [-0.2, 0) is 29.7 Å². The van der Waals surface area contributed by atoms with E-state index in [9.17, 15) is 0 Å². The lowest BCUT2D eigenvalue weighted by Gasteiger charge is -2.40. The summed E-state index contributed by atoms with van der Waals surface area (Å²) in [6.45, 7) is 3.84. The first-order valence-electron chi connectivity index (χ1n) is 9.14. The van der Waals surface area contributed by atoms with Crippen LogP contribution >= 0.6 is 0 Å². The molecule has 1 aromatic heterocycles. The van der Waals surface area contributed by atoms with Gasteiger partial charge in [0, 0.05) is 36.9 Å². The van der Waals surface area contributed by atoms with E-state index in [4.69, 9.17) is 9.47 Å². The standard InChI is InChI=1S/C20H27N3O2/c1-24-13-17-10-15(4-5-18(17)25-2)12-23-9-3-7-20(14-23)8-6-16-11-21-22-19(16)20/h4-5,10-11H,3,6-9,12-14H2,1-2H3,(H,21,22). The van der Waals surface area contributed by atoms with Gasteiger partial charge in [0.25, 0.3) is 0 Å². The number of nitrogens with one attached hydrogen (secondary N) is 1. The highest BCUT2D eigenvalue weighted by Gasteiger charge is 2.43. The second kappa shape index (κ2) is 6.81. The average molecular weight is 341 g/mol. The van der Waals surface area contributed by atoms with Crippen LogP contribution in [0.1, 0.15) is 41.6 Å². The van der Waals surface area contributed by atoms with Crippen molar-refractivity contribution < 1.29 is 9.47 Å². The Morgan fingerprint density at radius 1 is 1.28 bits per heavy atom. The van der Waals surface area contributed by atoms with Gasteiger partial charge < -0.3 is 9.47 Å². The van der Waals surface area contributed by atoms with Gasteiger partial charge in [-0.15, -0.1) is 0 Å². The third-order valence-electron chi connectivity index (χ3n) is 5.83. The van der Waals surface area contributed by atoms with Gasteiger partial charge in [-0.3, -0.25) is 10.00 Å². The molecule has 1 spiro atoms. The molecule has 2 aromatic rings. The van der Waals surface area contributed by atoms with Crippen molar-refractivity contribution in [2.45, 2.75) is 44.2 Å². The van der Waals surface area contributed by atoms with Gasteiger partial charge in [0.1, 0.15) is 5.75 Å². The Labute approximate surface area is 149 Å². The van der Waals surface area contributed by atoms with Crippen LogP contribution in [0, 0.1) is 0 Å². The number of methoxy groups -OCH3 is 2. The van der Waals surface area contributed by atoms with Gasteiger partial charge in [-0.25, -0.2) is 0 Å². The smallest absolute Gasteiger partial charge is 0.124 e. The van der Waals surface area contributed by atoms with Crippen LogP contribution in [0.15, 0.2) is 24.4 Å². The van der Waals surface area contributed by atoms with Crippen molar-refractivity contribution in [1.82, 2.24) is 15.1 Å². The summed E-state index contributed by atoms with van der Waals surface area (Å²) in [6, 6.07) is 6.46. The number of hydrogen-bond acceptors (Lipinski definition) is 4. The summed E-state index contributed by atoms with van der Waals surface area (Å²) in [6.07, 6.45) is 6.96. The van der Waals surface area contributed by atoms with Crippen LogP contribution in [0.3, 0.4) is 0 Å². The van der Waals surface area contributed by atoms with Gasteiger partial charge in [-0.05, 0) is 55.5 Å². The molecule has 1 aliphatic heterocycles. The normalized spacial score (nSPS) is 23.1. The molecule has 0 radical (unpaired) electrons. The highest BCUT2D eigenvalue weighted by atomic mass is 16.5. The van der Waals surface area contributed by atoms with Gasteiger partial charge in [0.05, 0.1) is 19.9 Å². The molecule has 1 N–H and O–H groups in total.